The van der Waals surface area contributed by atoms with Crippen LogP contribution in [0, 0.1) is 0 Å². The molecule has 2 atom stereocenters. The molecule has 23 heavy (non-hydrogen) atoms. The normalized spacial score (nSPS) is 21.9. The zero-order valence-electron chi connectivity index (χ0n) is 12.6. The van der Waals surface area contributed by atoms with Crippen LogP contribution < -0.4 is 5.32 Å². The van der Waals surface area contributed by atoms with Gasteiger partial charge in [0.05, 0.1) is 6.10 Å². The van der Waals surface area contributed by atoms with E-state index in [-0.39, 0.29) is 18.2 Å². The van der Waals surface area contributed by atoms with E-state index in [1.54, 1.807) is 24.3 Å². The van der Waals surface area contributed by atoms with Gasteiger partial charge in [0.2, 0.25) is 11.8 Å². The highest BCUT2D eigenvalue weighted by Gasteiger charge is 2.39. The quantitative estimate of drug-likeness (QED) is 0.642. The predicted molar refractivity (Wildman–Crippen MR) is 82.3 cm³/mol. The van der Waals surface area contributed by atoms with Crippen molar-refractivity contribution >= 4 is 17.7 Å². The summed E-state index contributed by atoms with van der Waals surface area (Å²) in [6.45, 7) is 3.92. The van der Waals surface area contributed by atoms with E-state index in [4.69, 9.17) is 0 Å². The van der Waals surface area contributed by atoms with E-state index in [0.717, 1.165) is 11.1 Å². The van der Waals surface area contributed by atoms with Crippen LogP contribution in [0.3, 0.4) is 0 Å². The molecule has 2 N–H and O–H groups in total. The second kappa shape index (κ2) is 5.96. The summed E-state index contributed by atoms with van der Waals surface area (Å²) in [5.74, 6) is -0.932. The van der Waals surface area contributed by atoms with Crippen molar-refractivity contribution in [1.29, 1.82) is 0 Å². The summed E-state index contributed by atoms with van der Waals surface area (Å²) in [6.07, 6.45) is 2.00. The molecule has 6 nitrogen and oxygen atoms in total. The van der Waals surface area contributed by atoms with Crippen LogP contribution in [0.2, 0.25) is 0 Å². The minimum atomic E-state index is -0.655. The summed E-state index contributed by atoms with van der Waals surface area (Å²) in [7, 11) is 0. The van der Waals surface area contributed by atoms with Crippen LogP contribution in [0.15, 0.2) is 30.9 Å². The lowest BCUT2D eigenvalue weighted by Crippen LogP contribution is -2.52. The number of aliphatic hydroxyl groups is 1. The van der Waals surface area contributed by atoms with E-state index >= 15 is 0 Å². The Kier molecular flexibility index (Phi) is 4.00. The van der Waals surface area contributed by atoms with Gasteiger partial charge in [-0.25, -0.2) is 0 Å². The first-order valence-electron chi connectivity index (χ1n) is 7.57. The molecule has 1 fully saturated rings. The third-order valence-electron chi connectivity index (χ3n) is 4.32. The maximum absolute atomic E-state index is 12.5. The summed E-state index contributed by atoms with van der Waals surface area (Å²) >= 11 is 0. The Bertz CT molecular complexity index is 698. The molecule has 1 aromatic rings. The Morgan fingerprint density at radius 1 is 1.39 bits per heavy atom. The average Bonchev–Trinajstić information content (AvgIpc) is 2.84. The van der Waals surface area contributed by atoms with Crippen LogP contribution in [0.1, 0.15) is 46.9 Å². The fraction of sp³-hybridized carbons (Fsp3) is 0.353. The van der Waals surface area contributed by atoms with E-state index in [1.807, 2.05) is 0 Å². The van der Waals surface area contributed by atoms with Crippen molar-refractivity contribution in [2.24, 2.45) is 0 Å². The zero-order valence-corrected chi connectivity index (χ0v) is 12.6. The van der Waals surface area contributed by atoms with Crippen molar-refractivity contribution in [2.75, 3.05) is 0 Å². The fourth-order valence-corrected chi connectivity index (χ4v) is 3.10. The highest BCUT2D eigenvalue weighted by atomic mass is 16.3. The molecule has 0 unspecified atom stereocenters. The topological polar surface area (TPSA) is 86.7 Å². The van der Waals surface area contributed by atoms with E-state index < -0.39 is 18.1 Å². The van der Waals surface area contributed by atoms with Gasteiger partial charge in [0.1, 0.15) is 6.04 Å². The summed E-state index contributed by atoms with van der Waals surface area (Å²) in [5, 5.41) is 12.3. The first-order chi connectivity index (χ1) is 11.0. The SMILES string of the molecule is C=CC[C@H](O)c1ccc2c(c1)CN([C@H]1CCC(=O)NC1=O)C2=O. The molecular formula is C17H18N2O4. The zero-order chi connectivity index (χ0) is 16.6. The van der Waals surface area contributed by atoms with Crippen LogP contribution >= 0.6 is 0 Å². The van der Waals surface area contributed by atoms with E-state index in [9.17, 15) is 19.5 Å². The average molecular weight is 314 g/mol. The Morgan fingerprint density at radius 2 is 2.17 bits per heavy atom. The number of rotatable bonds is 4. The van der Waals surface area contributed by atoms with Crippen LogP contribution in [0.5, 0.6) is 0 Å². The molecule has 1 aromatic carbocycles. The van der Waals surface area contributed by atoms with E-state index in [2.05, 4.69) is 11.9 Å². The number of benzene rings is 1. The first kappa shape index (κ1) is 15.4. The molecule has 0 aromatic heterocycles. The van der Waals surface area contributed by atoms with Crippen LogP contribution in [-0.4, -0.2) is 33.8 Å². The molecule has 2 aliphatic rings. The van der Waals surface area contributed by atoms with E-state index in [1.165, 1.54) is 4.90 Å². The molecule has 1 saturated heterocycles. The monoisotopic (exact) mass is 314 g/mol. The minimum absolute atomic E-state index is 0.209. The number of carbonyl (C=O) groups excluding carboxylic acids is 3. The Balaban J connectivity index is 1.83. The molecule has 2 aliphatic heterocycles. The summed E-state index contributed by atoms with van der Waals surface area (Å²) in [6, 6.07) is 4.59. The molecule has 3 amide bonds. The molecular weight excluding hydrogens is 296 g/mol. The van der Waals surface area contributed by atoms with Gasteiger partial charge in [0, 0.05) is 18.5 Å². The minimum Gasteiger partial charge on any atom is -0.388 e. The maximum atomic E-state index is 12.5. The number of nitrogens with one attached hydrogen (secondary N) is 1. The number of aliphatic hydroxyl groups excluding tert-OH is 1. The highest BCUT2D eigenvalue weighted by molar-refractivity contribution is 6.05. The van der Waals surface area contributed by atoms with E-state index in [0.29, 0.717) is 24.9 Å². The highest BCUT2D eigenvalue weighted by Crippen LogP contribution is 2.30. The Labute approximate surface area is 133 Å². The number of hydrogen-bond donors (Lipinski definition) is 2. The van der Waals surface area contributed by atoms with Crippen molar-refractivity contribution in [3.8, 4) is 0 Å². The van der Waals surface area contributed by atoms with Gasteiger partial charge < -0.3 is 10.0 Å². The van der Waals surface area contributed by atoms with Gasteiger partial charge >= 0.3 is 0 Å². The van der Waals surface area contributed by atoms with Crippen molar-refractivity contribution in [2.45, 2.75) is 38.0 Å². The number of carbonyl (C=O) groups is 3. The van der Waals surface area contributed by atoms with Crippen molar-refractivity contribution in [3.05, 3.63) is 47.5 Å². The fourth-order valence-electron chi connectivity index (χ4n) is 3.10. The number of nitrogens with zero attached hydrogens (tertiary/aromatic N) is 1. The van der Waals surface area contributed by atoms with Crippen LogP contribution in [-0.2, 0) is 16.1 Å². The standard InChI is InChI=1S/C17H18N2O4/c1-2-3-14(20)10-4-5-12-11(8-10)9-19(17(12)23)13-6-7-15(21)18-16(13)22/h2,4-5,8,13-14,20H,1,3,6-7,9H2,(H,18,21,22)/t13-,14-/m0/s1. The second-order valence-corrected chi connectivity index (χ2v) is 5.86. The number of fused-ring (bicyclic) bond motifs is 1. The first-order valence-corrected chi connectivity index (χ1v) is 7.57. The van der Waals surface area contributed by atoms with Crippen molar-refractivity contribution in [3.63, 3.8) is 0 Å². The smallest absolute Gasteiger partial charge is 0.255 e. The van der Waals surface area contributed by atoms with Gasteiger partial charge in [0.15, 0.2) is 0 Å². The predicted octanol–water partition coefficient (Wildman–Crippen LogP) is 1.06. The van der Waals surface area contributed by atoms with Gasteiger partial charge in [0.25, 0.3) is 5.91 Å². The Morgan fingerprint density at radius 3 is 2.87 bits per heavy atom. The van der Waals surface area contributed by atoms with Crippen molar-refractivity contribution in [1.82, 2.24) is 10.2 Å². The van der Waals surface area contributed by atoms with Gasteiger partial charge in [-0.1, -0.05) is 18.2 Å². The third kappa shape index (κ3) is 2.77. The van der Waals surface area contributed by atoms with Crippen molar-refractivity contribution < 1.29 is 19.5 Å². The van der Waals surface area contributed by atoms with Gasteiger partial charge in [-0.15, -0.1) is 6.58 Å². The number of imide groups is 1. The molecule has 6 heteroatoms. The third-order valence-corrected chi connectivity index (χ3v) is 4.32. The molecule has 0 aliphatic carbocycles. The number of piperidine rings is 1. The molecule has 0 bridgehead atoms. The molecule has 0 saturated carbocycles. The summed E-state index contributed by atoms with van der Waals surface area (Å²) in [5.41, 5.74) is 2.06. The van der Waals surface area contributed by atoms with Gasteiger partial charge in [-0.3, -0.25) is 19.7 Å². The Hall–Kier alpha value is -2.47. The number of hydrogen-bond acceptors (Lipinski definition) is 4. The lowest BCUT2D eigenvalue weighted by atomic mass is 10.0. The molecule has 0 radical (unpaired) electrons. The van der Waals surface area contributed by atoms with Crippen LogP contribution in [0.4, 0.5) is 0 Å². The lowest BCUT2D eigenvalue weighted by Gasteiger charge is -2.29. The molecule has 2 heterocycles. The lowest BCUT2D eigenvalue weighted by molar-refractivity contribution is -0.136. The summed E-state index contributed by atoms with van der Waals surface area (Å²) < 4.78 is 0. The van der Waals surface area contributed by atoms with Gasteiger partial charge in [-0.05, 0) is 30.0 Å². The molecule has 0 spiro atoms. The largest absolute Gasteiger partial charge is 0.388 e. The second-order valence-electron chi connectivity index (χ2n) is 5.86. The molecule has 3 rings (SSSR count). The maximum Gasteiger partial charge on any atom is 0.255 e. The number of amides is 3. The molecule has 120 valence electrons. The summed E-state index contributed by atoms with van der Waals surface area (Å²) in [4.78, 5) is 37.2. The van der Waals surface area contributed by atoms with Crippen LogP contribution in [0.25, 0.3) is 0 Å². The van der Waals surface area contributed by atoms with Gasteiger partial charge in [-0.2, -0.15) is 0 Å².